The van der Waals surface area contributed by atoms with Gasteiger partial charge in [-0.05, 0) is 55.1 Å². The summed E-state index contributed by atoms with van der Waals surface area (Å²) in [6, 6.07) is 9.18. The number of nitrogens with zero attached hydrogens (tertiary/aromatic N) is 1. The topological polar surface area (TPSA) is 66.5 Å². The van der Waals surface area contributed by atoms with Crippen LogP contribution in [-0.2, 0) is 9.59 Å². The Morgan fingerprint density at radius 1 is 1.28 bits per heavy atom. The SMILES string of the molecule is Cc1ccc(/C=C2/SC(=O)N(CC(=O)Nc3cccc(F)c3)C2=O)s1. The molecular formula is C17H13FN2O3S2. The van der Waals surface area contributed by atoms with Crippen molar-refractivity contribution in [3.8, 4) is 0 Å². The minimum absolute atomic E-state index is 0.265. The van der Waals surface area contributed by atoms with E-state index in [0.29, 0.717) is 0 Å². The van der Waals surface area contributed by atoms with Crippen molar-refractivity contribution in [2.24, 2.45) is 0 Å². The van der Waals surface area contributed by atoms with E-state index < -0.39 is 29.4 Å². The van der Waals surface area contributed by atoms with E-state index in [0.717, 1.165) is 32.5 Å². The second-order valence-electron chi connectivity index (χ2n) is 5.27. The third kappa shape index (κ3) is 4.15. The summed E-state index contributed by atoms with van der Waals surface area (Å²) in [5, 5.41) is 1.97. The number of amides is 3. The van der Waals surface area contributed by atoms with Crippen LogP contribution in [-0.4, -0.2) is 28.5 Å². The molecule has 2 heterocycles. The van der Waals surface area contributed by atoms with E-state index in [4.69, 9.17) is 0 Å². The number of aryl methyl sites for hydroxylation is 1. The first kappa shape index (κ1) is 17.4. The maximum absolute atomic E-state index is 13.1. The van der Waals surface area contributed by atoms with E-state index in [1.54, 1.807) is 6.08 Å². The Kier molecular flexibility index (Phi) is 5.00. The summed E-state index contributed by atoms with van der Waals surface area (Å²) in [4.78, 5) is 39.5. The normalized spacial score (nSPS) is 15.9. The highest BCUT2D eigenvalue weighted by Gasteiger charge is 2.36. The van der Waals surface area contributed by atoms with Crippen molar-refractivity contribution in [2.75, 3.05) is 11.9 Å². The van der Waals surface area contributed by atoms with Gasteiger partial charge in [0.15, 0.2) is 0 Å². The minimum Gasteiger partial charge on any atom is -0.324 e. The van der Waals surface area contributed by atoms with Crippen LogP contribution in [0.15, 0.2) is 41.3 Å². The molecule has 0 radical (unpaired) electrons. The maximum atomic E-state index is 13.1. The van der Waals surface area contributed by atoms with Crippen molar-refractivity contribution < 1.29 is 18.8 Å². The fourth-order valence-electron chi connectivity index (χ4n) is 2.21. The molecule has 0 spiro atoms. The Balaban J connectivity index is 1.68. The van der Waals surface area contributed by atoms with Gasteiger partial charge >= 0.3 is 0 Å². The van der Waals surface area contributed by atoms with E-state index in [2.05, 4.69) is 5.32 Å². The number of carbonyl (C=O) groups is 3. The molecule has 1 aromatic heterocycles. The van der Waals surface area contributed by atoms with Crippen molar-refractivity contribution in [1.29, 1.82) is 0 Å². The van der Waals surface area contributed by atoms with Crippen molar-refractivity contribution in [3.63, 3.8) is 0 Å². The number of hydrogen-bond donors (Lipinski definition) is 1. The van der Waals surface area contributed by atoms with E-state index in [9.17, 15) is 18.8 Å². The van der Waals surface area contributed by atoms with Gasteiger partial charge in [-0.25, -0.2) is 4.39 Å². The smallest absolute Gasteiger partial charge is 0.294 e. The largest absolute Gasteiger partial charge is 0.324 e. The van der Waals surface area contributed by atoms with Gasteiger partial charge in [0.2, 0.25) is 5.91 Å². The highest BCUT2D eigenvalue weighted by Crippen LogP contribution is 2.33. The van der Waals surface area contributed by atoms with E-state index in [-0.39, 0.29) is 10.6 Å². The molecular weight excluding hydrogens is 363 g/mol. The zero-order valence-electron chi connectivity index (χ0n) is 13.1. The monoisotopic (exact) mass is 376 g/mol. The predicted octanol–water partition coefficient (Wildman–Crippen LogP) is 3.87. The molecule has 3 amide bonds. The fraction of sp³-hybridized carbons (Fsp3) is 0.118. The van der Waals surface area contributed by atoms with Crippen molar-refractivity contribution in [3.05, 3.63) is 56.9 Å². The average Bonchev–Trinajstić information content (AvgIpc) is 3.06. The molecule has 1 aliphatic heterocycles. The summed E-state index contributed by atoms with van der Waals surface area (Å²) in [6.45, 7) is 1.53. The number of anilines is 1. The molecule has 1 fully saturated rings. The lowest BCUT2D eigenvalue weighted by Gasteiger charge is -2.12. The molecule has 0 aliphatic carbocycles. The lowest BCUT2D eigenvalue weighted by molar-refractivity contribution is -0.127. The first-order valence-corrected chi connectivity index (χ1v) is 8.93. The average molecular weight is 376 g/mol. The fourth-order valence-corrected chi connectivity index (χ4v) is 3.93. The van der Waals surface area contributed by atoms with Crippen LogP contribution >= 0.6 is 23.1 Å². The number of imide groups is 1. The molecule has 0 bridgehead atoms. The van der Waals surface area contributed by atoms with Gasteiger partial charge in [-0.3, -0.25) is 19.3 Å². The number of hydrogen-bond acceptors (Lipinski definition) is 5. The van der Waals surface area contributed by atoms with Gasteiger partial charge in [-0.2, -0.15) is 0 Å². The van der Waals surface area contributed by atoms with Crippen molar-refractivity contribution >= 4 is 51.9 Å². The van der Waals surface area contributed by atoms with E-state index in [1.165, 1.54) is 29.5 Å². The molecule has 1 aromatic carbocycles. The summed E-state index contributed by atoms with van der Waals surface area (Å²) in [6.07, 6.45) is 1.65. The van der Waals surface area contributed by atoms with E-state index in [1.807, 2.05) is 19.1 Å². The molecule has 5 nitrogen and oxygen atoms in total. The number of halogens is 1. The zero-order chi connectivity index (χ0) is 18.0. The second-order valence-corrected chi connectivity index (χ2v) is 7.59. The van der Waals surface area contributed by atoms with E-state index >= 15 is 0 Å². The number of carbonyl (C=O) groups excluding carboxylic acids is 3. The minimum atomic E-state index is -0.568. The Morgan fingerprint density at radius 2 is 2.08 bits per heavy atom. The molecule has 0 saturated carbocycles. The van der Waals surface area contributed by atoms with Gasteiger partial charge in [0.25, 0.3) is 11.1 Å². The quantitative estimate of drug-likeness (QED) is 0.823. The predicted molar refractivity (Wildman–Crippen MR) is 96.8 cm³/mol. The molecule has 8 heteroatoms. The van der Waals surface area contributed by atoms with Crippen molar-refractivity contribution in [1.82, 2.24) is 4.90 Å². The van der Waals surface area contributed by atoms with Gasteiger partial charge in [-0.1, -0.05) is 6.07 Å². The van der Waals surface area contributed by atoms with Crippen LogP contribution in [0, 0.1) is 12.7 Å². The van der Waals surface area contributed by atoms with Crippen LogP contribution in [0.3, 0.4) is 0 Å². The van der Waals surface area contributed by atoms with Gasteiger partial charge in [0.05, 0.1) is 4.91 Å². The molecule has 1 aliphatic rings. The van der Waals surface area contributed by atoms with Crippen LogP contribution < -0.4 is 5.32 Å². The third-order valence-corrected chi connectivity index (χ3v) is 5.17. The molecule has 0 unspecified atom stereocenters. The van der Waals surface area contributed by atoms with Crippen LogP contribution in [0.5, 0.6) is 0 Å². The highest BCUT2D eigenvalue weighted by atomic mass is 32.2. The second kappa shape index (κ2) is 7.20. The van der Waals surface area contributed by atoms with Crippen LogP contribution in [0.2, 0.25) is 0 Å². The molecule has 25 heavy (non-hydrogen) atoms. The van der Waals surface area contributed by atoms with Crippen LogP contribution in [0.4, 0.5) is 14.9 Å². The number of thioether (sulfide) groups is 1. The lowest BCUT2D eigenvalue weighted by Crippen LogP contribution is -2.36. The summed E-state index contributed by atoms with van der Waals surface area (Å²) in [5.74, 6) is -1.56. The van der Waals surface area contributed by atoms with Crippen LogP contribution in [0.25, 0.3) is 6.08 Å². The molecule has 1 N–H and O–H groups in total. The maximum Gasteiger partial charge on any atom is 0.294 e. The third-order valence-electron chi connectivity index (χ3n) is 3.32. The molecule has 1 saturated heterocycles. The van der Waals surface area contributed by atoms with Gasteiger partial charge in [0, 0.05) is 15.4 Å². The van der Waals surface area contributed by atoms with Crippen LogP contribution in [0.1, 0.15) is 9.75 Å². The summed E-state index contributed by atoms with van der Waals surface area (Å²) < 4.78 is 13.1. The molecule has 0 atom stereocenters. The van der Waals surface area contributed by atoms with Gasteiger partial charge in [0.1, 0.15) is 12.4 Å². The van der Waals surface area contributed by atoms with Gasteiger partial charge in [-0.15, -0.1) is 11.3 Å². The summed E-state index contributed by atoms with van der Waals surface area (Å²) >= 11 is 2.31. The summed E-state index contributed by atoms with van der Waals surface area (Å²) in [5.41, 5.74) is 0.265. The zero-order valence-corrected chi connectivity index (χ0v) is 14.7. The Morgan fingerprint density at radius 3 is 2.76 bits per heavy atom. The molecule has 2 aromatic rings. The first-order valence-electron chi connectivity index (χ1n) is 7.29. The molecule has 3 rings (SSSR count). The Bertz CT molecular complexity index is 892. The highest BCUT2D eigenvalue weighted by molar-refractivity contribution is 8.18. The standard InChI is InChI=1S/C17H13FN2O3S2/c1-10-5-6-13(24-10)8-14-16(22)20(17(23)25-14)9-15(21)19-12-4-2-3-11(18)7-12/h2-8H,9H2,1H3,(H,19,21)/b14-8+. The molecule has 128 valence electrons. The Hall–Kier alpha value is -2.45. The lowest BCUT2D eigenvalue weighted by atomic mass is 10.3. The Labute approximate surface area is 151 Å². The number of thiophene rings is 1. The number of benzene rings is 1. The van der Waals surface area contributed by atoms with Gasteiger partial charge < -0.3 is 5.32 Å². The van der Waals surface area contributed by atoms with Crippen molar-refractivity contribution in [2.45, 2.75) is 6.92 Å². The summed E-state index contributed by atoms with van der Waals surface area (Å²) in [7, 11) is 0. The number of nitrogens with one attached hydrogen (secondary N) is 1. The number of rotatable bonds is 4. The first-order chi connectivity index (χ1) is 11.9.